The maximum absolute atomic E-state index is 6.19. The van der Waals surface area contributed by atoms with Crippen molar-refractivity contribution in [3.63, 3.8) is 0 Å². The van der Waals surface area contributed by atoms with Crippen LogP contribution in [0.3, 0.4) is 0 Å². The summed E-state index contributed by atoms with van der Waals surface area (Å²) in [4.78, 5) is 4.50. The first-order chi connectivity index (χ1) is 8.72. The number of benzene rings is 1. The molecule has 1 aromatic carbocycles. The zero-order chi connectivity index (χ0) is 14.3. The molecule has 2 N–H and O–H groups in total. The van der Waals surface area contributed by atoms with E-state index in [1.54, 1.807) is 0 Å². The molecule has 4 nitrogen and oxygen atoms in total. The van der Waals surface area contributed by atoms with Gasteiger partial charge in [0, 0.05) is 11.1 Å². The van der Waals surface area contributed by atoms with E-state index in [0.29, 0.717) is 11.7 Å². The molecule has 0 spiro atoms. The molecule has 0 bridgehead atoms. The summed E-state index contributed by atoms with van der Waals surface area (Å²) in [7, 11) is 0. The summed E-state index contributed by atoms with van der Waals surface area (Å²) < 4.78 is 5.41. The van der Waals surface area contributed by atoms with Gasteiger partial charge in [-0.05, 0) is 40.7 Å². The predicted molar refractivity (Wildman–Crippen MR) is 75.8 cm³/mol. The van der Waals surface area contributed by atoms with E-state index in [1.807, 2.05) is 58.9 Å². The molecule has 0 fully saturated rings. The Balaban J connectivity index is 2.40. The van der Waals surface area contributed by atoms with E-state index in [0.717, 1.165) is 5.56 Å². The standard InChI is InChI=1S/C15H21N3O/c1-10-7-6-8-11(9-10)12-17-13(19-18-12)14(2,3)15(4,5)16/h6-9H,16H2,1-5H3. The summed E-state index contributed by atoms with van der Waals surface area (Å²) in [5.74, 6) is 1.17. The van der Waals surface area contributed by atoms with Crippen molar-refractivity contribution in [3.8, 4) is 11.4 Å². The van der Waals surface area contributed by atoms with Crippen LogP contribution in [0.4, 0.5) is 0 Å². The number of hydrogen-bond donors (Lipinski definition) is 1. The van der Waals surface area contributed by atoms with Crippen molar-refractivity contribution in [3.05, 3.63) is 35.7 Å². The quantitative estimate of drug-likeness (QED) is 0.920. The van der Waals surface area contributed by atoms with Gasteiger partial charge < -0.3 is 10.3 Å². The maximum atomic E-state index is 6.19. The fraction of sp³-hybridized carbons (Fsp3) is 0.467. The Hall–Kier alpha value is -1.68. The first-order valence-corrected chi connectivity index (χ1v) is 6.42. The minimum absolute atomic E-state index is 0.387. The van der Waals surface area contributed by atoms with Gasteiger partial charge in [0.25, 0.3) is 0 Å². The molecule has 2 aromatic rings. The normalized spacial score (nSPS) is 12.7. The number of aromatic nitrogens is 2. The molecular formula is C15H21N3O. The third-order valence-corrected chi connectivity index (χ3v) is 3.85. The number of rotatable bonds is 3. The molecular weight excluding hydrogens is 238 g/mol. The van der Waals surface area contributed by atoms with Crippen molar-refractivity contribution < 1.29 is 4.52 Å². The first kappa shape index (κ1) is 13.7. The lowest BCUT2D eigenvalue weighted by Crippen LogP contribution is -2.50. The van der Waals surface area contributed by atoms with Crippen LogP contribution in [-0.4, -0.2) is 15.7 Å². The number of hydrogen-bond acceptors (Lipinski definition) is 4. The van der Waals surface area contributed by atoms with Gasteiger partial charge in [0.15, 0.2) is 0 Å². The van der Waals surface area contributed by atoms with Crippen molar-refractivity contribution in [1.29, 1.82) is 0 Å². The second kappa shape index (κ2) is 4.46. The van der Waals surface area contributed by atoms with E-state index < -0.39 is 5.54 Å². The summed E-state index contributed by atoms with van der Waals surface area (Å²) in [6.45, 7) is 9.99. The molecule has 0 saturated carbocycles. The third kappa shape index (κ3) is 2.54. The minimum Gasteiger partial charge on any atom is -0.338 e. The second-order valence-corrected chi connectivity index (χ2v) is 6.14. The van der Waals surface area contributed by atoms with Gasteiger partial charge in [-0.25, -0.2) is 0 Å². The molecule has 102 valence electrons. The van der Waals surface area contributed by atoms with Crippen LogP contribution in [-0.2, 0) is 5.41 Å². The lowest BCUT2D eigenvalue weighted by molar-refractivity contribution is 0.223. The van der Waals surface area contributed by atoms with Crippen LogP contribution in [0, 0.1) is 6.92 Å². The van der Waals surface area contributed by atoms with Crippen molar-refractivity contribution in [1.82, 2.24) is 10.1 Å². The summed E-state index contributed by atoms with van der Waals surface area (Å²) in [6, 6.07) is 8.04. The Morgan fingerprint density at radius 1 is 1.16 bits per heavy atom. The minimum atomic E-state index is -0.441. The SMILES string of the molecule is Cc1cccc(-c2noc(C(C)(C)C(C)(C)N)n2)c1. The molecule has 4 heteroatoms. The van der Waals surface area contributed by atoms with E-state index in [1.165, 1.54) is 5.56 Å². The molecule has 1 aromatic heterocycles. The molecule has 1 heterocycles. The molecule has 0 saturated heterocycles. The van der Waals surface area contributed by atoms with Gasteiger partial charge in [-0.1, -0.05) is 28.9 Å². The van der Waals surface area contributed by atoms with Crippen LogP contribution in [0.15, 0.2) is 28.8 Å². The smallest absolute Gasteiger partial charge is 0.234 e. The van der Waals surface area contributed by atoms with Gasteiger partial charge in [0.1, 0.15) is 0 Å². The molecule has 19 heavy (non-hydrogen) atoms. The first-order valence-electron chi connectivity index (χ1n) is 6.42. The van der Waals surface area contributed by atoms with Gasteiger partial charge in [0.05, 0.1) is 5.41 Å². The van der Waals surface area contributed by atoms with Gasteiger partial charge in [0.2, 0.25) is 11.7 Å². The van der Waals surface area contributed by atoms with E-state index in [9.17, 15) is 0 Å². The lowest BCUT2D eigenvalue weighted by Gasteiger charge is -2.34. The van der Waals surface area contributed by atoms with Crippen LogP contribution in [0.5, 0.6) is 0 Å². The molecule has 0 aliphatic rings. The Bertz CT molecular complexity index is 579. The Morgan fingerprint density at radius 3 is 2.42 bits per heavy atom. The summed E-state index contributed by atoms with van der Waals surface area (Å²) in [5, 5.41) is 4.07. The molecule has 0 aliphatic heterocycles. The molecule has 0 unspecified atom stereocenters. The zero-order valence-corrected chi connectivity index (χ0v) is 12.2. The summed E-state index contributed by atoms with van der Waals surface area (Å²) in [6.07, 6.45) is 0. The highest BCUT2D eigenvalue weighted by molar-refractivity contribution is 5.55. The maximum Gasteiger partial charge on any atom is 0.234 e. The zero-order valence-electron chi connectivity index (χ0n) is 12.2. The lowest BCUT2D eigenvalue weighted by atomic mass is 9.75. The Morgan fingerprint density at radius 2 is 1.84 bits per heavy atom. The largest absolute Gasteiger partial charge is 0.338 e. The fourth-order valence-corrected chi connectivity index (χ4v) is 1.65. The summed E-state index contributed by atoms with van der Waals surface area (Å²) in [5.41, 5.74) is 7.49. The number of nitrogens with two attached hydrogens (primary N) is 1. The van der Waals surface area contributed by atoms with Crippen LogP contribution >= 0.6 is 0 Å². The molecule has 0 atom stereocenters. The van der Waals surface area contributed by atoms with Crippen LogP contribution < -0.4 is 5.73 Å². The van der Waals surface area contributed by atoms with Gasteiger partial charge in [-0.3, -0.25) is 0 Å². The number of aryl methyl sites for hydroxylation is 1. The monoisotopic (exact) mass is 259 g/mol. The van der Waals surface area contributed by atoms with Crippen molar-refractivity contribution in [2.24, 2.45) is 5.73 Å². The second-order valence-electron chi connectivity index (χ2n) is 6.14. The van der Waals surface area contributed by atoms with E-state index in [2.05, 4.69) is 10.1 Å². The van der Waals surface area contributed by atoms with Gasteiger partial charge in [-0.2, -0.15) is 4.98 Å². The van der Waals surface area contributed by atoms with Crippen molar-refractivity contribution in [2.45, 2.75) is 45.6 Å². The van der Waals surface area contributed by atoms with Crippen LogP contribution in [0.25, 0.3) is 11.4 Å². The van der Waals surface area contributed by atoms with Crippen molar-refractivity contribution in [2.75, 3.05) is 0 Å². The highest BCUT2D eigenvalue weighted by Crippen LogP contribution is 2.32. The predicted octanol–water partition coefficient (Wildman–Crippen LogP) is 3.06. The summed E-state index contributed by atoms with van der Waals surface area (Å²) >= 11 is 0. The van der Waals surface area contributed by atoms with Crippen LogP contribution in [0.2, 0.25) is 0 Å². The Kier molecular flexibility index (Phi) is 3.22. The van der Waals surface area contributed by atoms with Crippen LogP contribution in [0.1, 0.15) is 39.1 Å². The average Bonchev–Trinajstić information content (AvgIpc) is 2.77. The van der Waals surface area contributed by atoms with Gasteiger partial charge in [-0.15, -0.1) is 0 Å². The fourth-order valence-electron chi connectivity index (χ4n) is 1.65. The molecule has 0 aliphatic carbocycles. The molecule has 0 amide bonds. The number of nitrogens with zero attached hydrogens (tertiary/aromatic N) is 2. The molecule has 0 radical (unpaired) electrons. The van der Waals surface area contributed by atoms with Crippen molar-refractivity contribution >= 4 is 0 Å². The van der Waals surface area contributed by atoms with E-state index in [-0.39, 0.29) is 5.41 Å². The Labute approximate surface area is 114 Å². The highest BCUT2D eigenvalue weighted by atomic mass is 16.5. The van der Waals surface area contributed by atoms with E-state index in [4.69, 9.17) is 10.3 Å². The van der Waals surface area contributed by atoms with E-state index >= 15 is 0 Å². The topological polar surface area (TPSA) is 64.9 Å². The highest BCUT2D eigenvalue weighted by Gasteiger charge is 2.40. The average molecular weight is 259 g/mol. The molecule has 2 rings (SSSR count). The van der Waals surface area contributed by atoms with Gasteiger partial charge >= 0.3 is 0 Å². The third-order valence-electron chi connectivity index (χ3n) is 3.85.